The normalized spacial score (nSPS) is 16.0. The third kappa shape index (κ3) is 5.13. The van der Waals surface area contributed by atoms with Crippen LogP contribution in [0.2, 0.25) is 0 Å². The summed E-state index contributed by atoms with van der Waals surface area (Å²) in [6.07, 6.45) is 6.30. The zero-order chi connectivity index (χ0) is 22.5. The molecule has 2 aromatic rings. The van der Waals surface area contributed by atoms with E-state index in [1.165, 1.54) is 17.3 Å². The average molecular weight is 449 g/mol. The highest BCUT2D eigenvalue weighted by atomic mass is 32.2. The Morgan fingerprint density at radius 2 is 1.81 bits per heavy atom. The lowest BCUT2D eigenvalue weighted by Crippen LogP contribution is -2.50. The molecule has 1 saturated carbocycles. The van der Waals surface area contributed by atoms with Crippen LogP contribution < -0.4 is 0 Å². The van der Waals surface area contributed by atoms with E-state index in [2.05, 4.69) is 23.2 Å². The highest BCUT2D eigenvalue weighted by Crippen LogP contribution is 2.40. The maximum absolute atomic E-state index is 13.3. The molecule has 1 aliphatic heterocycles. The van der Waals surface area contributed by atoms with Crippen LogP contribution in [0, 0.1) is 11.3 Å². The van der Waals surface area contributed by atoms with Crippen molar-refractivity contribution in [2.45, 2.75) is 43.0 Å². The molecule has 4 rings (SSSR count). The van der Waals surface area contributed by atoms with Gasteiger partial charge in [-0.15, -0.1) is 11.8 Å². The Bertz CT molecular complexity index is 1020. The van der Waals surface area contributed by atoms with Gasteiger partial charge in [-0.3, -0.25) is 9.59 Å². The number of pyridine rings is 1. The Morgan fingerprint density at radius 1 is 1.12 bits per heavy atom. The maximum atomic E-state index is 13.3. The van der Waals surface area contributed by atoms with Crippen LogP contribution in [0.15, 0.2) is 41.4 Å². The molecule has 2 fully saturated rings. The van der Waals surface area contributed by atoms with Gasteiger partial charge >= 0.3 is 0 Å². The maximum Gasteiger partial charge on any atom is 0.255 e. The topological polar surface area (TPSA) is 77.3 Å². The monoisotopic (exact) mass is 448 g/mol. The number of nitriles is 1. The summed E-state index contributed by atoms with van der Waals surface area (Å²) >= 11 is 1.41. The number of nitrogens with zero attached hydrogens (tertiary/aromatic N) is 4. The zero-order valence-corrected chi connectivity index (χ0v) is 19.2. The number of thioether (sulfide) groups is 1. The average Bonchev–Trinajstić information content (AvgIpc) is 3.69. The second kappa shape index (κ2) is 10.2. The minimum Gasteiger partial charge on any atom is -0.339 e. The molecule has 0 spiro atoms. The number of aryl methyl sites for hydroxylation is 1. The third-order valence-electron chi connectivity index (χ3n) is 6.16. The lowest BCUT2D eigenvalue weighted by molar-refractivity contribution is -0.132. The summed E-state index contributed by atoms with van der Waals surface area (Å²) in [5.41, 5.74) is 2.99. The number of rotatable bonds is 7. The van der Waals surface area contributed by atoms with Crippen LogP contribution in [0.4, 0.5) is 0 Å². The van der Waals surface area contributed by atoms with E-state index in [9.17, 15) is 14.9 Å². The molecular weight excluding hydrogens is 420 g/mol. The smallest absolute Gasteiger partial charge is 0.255 e. The first kappa shape index (κ1) is 22.3. The molecule has 0 unspecified atom stereocenters. The van der Waals surface area contributed by atoms with Crippen molar-refractivity contribution in [3.8, 4) is 6.07 Å². The number of aromatic nitrogens is 1. The quantitative estimate of drug-likeness (QED) is 0.601. The summed E-state index contributed by atoms with van der Waals surface area (Å²) in [5.74, 6) is 0.429. The minimum atomic E-state index is -0.127. The largest absolute Gasteiger partial charge is 0.339 e. The fourth-order valence-corrected chi connectivity index (χ4v) is 4.69. The second-order valence-corrected chi connectivity index (χ2v) is 9.17. The van der Waals surface area contributed by atoms with Crippen molar-refractivity contribution in [2.24, 2.45) is 0 Å². The molecule has 2 heterocycles. The van der Waals surface area contributed by atoms with Gasteiger partial charge in [-0.1, -0.05) is 30.3 Å². The van der Waals surface area contributed by atoms with E-state index in [0.717, 1.165) is 31.4 Å². The van der Waals surface area contributed by atoms with Gasteiger partial charge in [-0.05, 0) is 43.6 Å². The molecule has 166 valence electrons. The molecule has 0 N–H and O–H groups in total. The fourth-order valence-electron chi connectivity index (χ4n) is 4.13. The zero-order valence-electron chi connectivity index (χ0n) is 18.4. The van der Waals surface area contributed by atoms with Gasteiger partial charge in [-0.25, -0.2) is 4.98 Å². The van der Waals surface area contributed by atoms with Gasteiger partial charge in [0.05, 0.1) is 11.1 Å². The molecule has 32 heavy (non-hydrogen) atoms. The summed E-state index contributed by atoms with van der Waals surface area (Å²) in [6, 6.07) is 14.2. The molecule has 1 aliphatic carbocycles. The van der Waals surface area contributed by atoms with E-state index in [1.807, 2.05) is 35.4 Å². The first-order valence-electron chi connectivity index (χ1n) is 11.2. The predicted octanol–water partition coefficient (Wildman–Crippen LogP) is 3.86. The number of carbonyl (C=O) groups is 2. The van der Waals surface area contributed by atoms with E-state index in [1.54, 1.807) is 4.90 Å². The summed E-state index contributed by atoms with van der Waals surface area (Å²) < 4.78 is 0. The molecular formula is C25H28N4O2S. The number of piperazine rings is 1. The molecule has 2 aliphatic rings. The summed E-state index contributed by atoms with van der Waals surface area (Å²) in [6.45, 7) is 2.05. The fraction of sp³-hybridized carbons (Fsp3) is 0.440. The number of benzene rings is 1. The Morgan fingerprint density at radius 3 is 2.44 bits per heavy atom. The summed E-state index contributed by atoms with van der Waals surface area (Å²) in [4.78, 5) is 34.1. The molecule has 2 amide bonds. The number of carbonyl (C=O) groups excluding carboxylic acids is 2. The number of amides is 2. The molecule has 7 heteroatoms. The van der Waals surface area contributed by atoms with E-state index >= 15 is 0 Å². The Balaban J connectivity index is 1.35. The van der Waals surface area contributed by atoms with Gasteiger partial charge in [0.2, 0.25) is 5.91 Å². The van der Waals surface area contributed by atoms with Gasteiger partial charge in [-0.2, -0.15) is 5.26 Å². The van der Waals surface area contributed by atoms with Crippen LogP contribution >= 0.6 is 11.8 Å². The van der Waals surface area contributed by atoms with Gasteiger partial charge < -0.3 is 9.80 Å². The Kier molecular flexibility index (Phi) is 7.11. The Labute approximate surface area is 193 Å². The van der Waals surface area contributed by atoms with Crippen LogP contribution in [0.3, 0.4) is 0 Å². The van der Waals surface area contributed by atoms with Crippen molar-refractivity contribution in [3.05, 3.63) is 58.8 Å². The summed E-state index contributed by atoms with van der Waals surface area (Å²) in [7, 11) is 0. The molecule has 0 radical (unpaired) electrons. The van der Waals surface area contributed by atoms with E-state index < -0.39 is 0 Å². The van der Waals surface area contributed by atoms with Crippen molar-refractivity contribution >= 4 is 23.6 Å². The van der Waals surface area contributed by atoms with E-state index in [-0.39, 0.29) is 11.8 Å². The van der Waals surface area contributed by atoms with Crippen LogP contribution in [0.1, 0.15) is 58.8 Å². The lowest BCUT2D eigenvalue weighted by Gasteiger charge is -2.35. The van der Waals surface area contributed by atoms with Crippen molar-refractivity contribution in [3.63, 3.8) is 0 Å². The van der Waals surface area contributed by atoms with Crippen LogP contribution in [0.5, 0.6) is 0 Å². The second-order valence-electron chi connectivity index (χ2n) is 8.38. The molecule has 1 saturated heterocycles. The van der Waals surface area contributed by atoms with E-state index in [0.29, 0.717) is 54.7 Å². The van der Waals surface area contributed by atoms with Gasteiger partial charge in [0.15, 0.2) is 0 Å². The number of hydrogen-bond acceptors (Lipinski definition) is 5. The van der Waals surface area contributed by atoms with Crippen molar-refractivity contribution in [2.75, 3.05) is 32.4 Å². The van der Waals surface area contributed by atoms with Gasteiger partial charge in [0.25, 0.3) is 5.91 Å². The molecule has 1 aromatic carbocycles. The molecule has 0 atom stereocenters. The first-order chi connectivity index (χ1) is 15.6. The van der Waals surface area contributed by atoms with Crippen molar-refractivity contribution < 1.29 is 9.59 Å². The highest BCUT2D eigenvalue weighted by Gasteiger charge is 2.31. The van der Waals surface area contributed by atoms with Gasteiger partial charge in [0, 0.05) is 44.2 Å². The molecule has 6 nitrogen and oxygen atoms in total. The SMILES string of the molecule is CSc1nc(C2CC2)cc(C(=O)N2CCN(C(=O)CCCc3ccccc3)CC2)c1C#N. The molecule has 0 bridgehead atoms. The van der Waals surface area contributed by atoms with Crippen LogP contribution in [-0.2, 0) is 11.2 Å². The highest BCUT2D eigenvalue weighted by molar-refractivity contribution is 7.98. The minimum absolute atomic E-state index is 0.127. The van der Waals surface area contributed by atoms with Crippen LogP contribution in [-0.4, -0.2) is 59.0 Å². The van der Waals surface area contributed by atoms with Crippen molar-refractivity contribution in [1.82, 2.24) is 14.8 Å². The van der Waals surface area contributed by atoms with Crippen LogP contribution in [0.25, 0.3) is 0 Å². The lowest BCUT2D eigenvalue weighted by atomic mass is 10.1. The molecule has 1 aromatic heterocycles. The van der Waals surface area contributed by atoms with Crippen molar-refractivity contribution in [1.29, 1.82) is 5.26 Å². The third-order valence-corrected chi connectivity index (χ3v) is 6.84. The predicted molar refractivity (Wildman–Crippen MR) is 125 cm³/mol. The summed E-state index contributed by atoms with van der Waals surface area (Å²) in [5, 5.41) is 10.3. The van der Waals surface area contributed by atoms with E-state index in [4.69, 9.17) is 0 Å². The Hall–Kier alpha value is -2.85. The first-order valence-corrected chi connectivity index (χ1v) is 12.4. The van der Waals surface area contributed by atoms with Gasteiger partial charge in [0.1, 0.15) is 11.1 Å². The number of hydrogen-bond donors (Lipinski definition) is 0. The standard InChI is InChI=1S/C25H28N4O2S/c1-32-24-21(17-26)20(16-22(27-24)19-10-11-19)25(31)29-14-12-28(13-15-29)23(30)9-5-8-18-6-3-2-4-7-18/h2-4,6-7,16,19H,5,8-15H2,1H3.